The van der Waals surface area contributed by atoms with E-state index in [0.717, 1.165) is 47.7 Å². The van der Waals surface area contributed by atoms with Gasteiger partial charge in [-0.15, -0.1) is 24.0 Å². The van der Waals surface area contributed by atoms with Crippen LogP contribution in [0.4, 0.5) is 0 Å². The smallest absolute Gasteiger partial charge is 0.191 e. The summed E-state index contributed by atoms with van der Waals surface area (Å²) in [4.78, 5) is 4.25. The minimum Gasteiger partial charge on any atom is -0.496 e. The maximum absolute atomic E-state index is 5.77. The summed E-state index contributed by atoms with van der Waals surface area (Å²) in [5, 5.41) is 6.65. The zero-order chi connectivity index (χ0) is 16.0. The first-order chi connectivity index (χ1) is 10.6. The number of hydrogen-bond donors (Lipinski definition) is 2. The third-order valence-corrected chi connectivity index (χ3v) is 4.45. The Kier molecular flexibility index (Phi) is 8.63. The van der Waals surface area contributed by atoms with Crippen LogP contribution in [0, 0.1) is 0 Å². The van der Waals surface area contributed by atoms with Crippen LogP contribution in [-0.2, 0) is 11.3 Å². The number of benzene rings is 1. The zero-order valence-electron chi connectivity index (χ0n) is 13.8. The largest absolute Gasteiger partial charge is 0.496 e. The summed E-state index contributed by atoms with van der Waals surface area (Å²) in [6.45, 7) is 4.45. The van der Waals surface area contributed by atoms with Crippen LogP contribution in [0.15, 0.2) is 27.7 Å². The van der Waals surface area contributed by atoms with Crippen molar-refractivity contribution in [2.24, 2.45) is 4.99 Å². The molecule has 1 aromatic rings. The maximum Gasteiger partial charge on any atom is 0.191 e. The Bertz CT molecular complexity index is 534. The molecule has 0 saturated carbocycles. The minimum absolute atomic E-state index is 0. The van der Waals surface area contributed by atoms with Crippen LogP contribution in [0.1, 0.15) is 25.3 Å². The maximum atomic E-state index is 5.77. The molecule has 2 N–H and O–H groups in total. The molecule has 0 spiro atoms. The molecule has 1 fully saturated rings. The molecule has 1 saturated heterocycles. The summed E-state index contributed by atoms with van der Waals surface area (Å²) < 4.78 is 12.0. The van der Waals surface area contributed by atoms with Crippen LogP contribution in [-0.4, -0.2) is 38.9 Å². The van der Waals surface area contributed by atoms with Gasteiger partial charge in [-0.1, -0.05) is 6.07 Å². The van der Waals surface area contributed by atoms with Gasteiger partial charge in [0.2, 0.25) is 0 Å². The topological polar surface area (TPSA) is 54.9 Å². The van der Waals surface area contributed by atoms with Gasteiger partial charge in [0, 0.05) is 26.7 Å². The van der Waals surface area contributed by atoms with E-state index in [1.54, 1.807) is 14.2 Å². The lowest BCUT2D eigenvalue weighted by Gasteiger charge is -2.24. The van der Waals surface area contributed by atoms with Gasteiger partial charge in [-0.25, -0.2) is 0 Å². The van der Waals surface area contributed by atoms with Gasteiger partial charge >= 0.3 is 0 Å². The van der Waals surface area contributed by atoms with Crippen molar-refractivity contribution >= 4 is 45.9 Å². The van der Waals surface area contributed by atoms with Crippen molar-refractivity contribution in [1.82, 2.24) is 10.6 Å². The van der Waals surface area contributed by atoms with Crippen LogP contribution in [0.2, 0.25) is 0 Å². The molecule has 0 aromatic heterocycles. The second kappa shape index (κ2) is 9.68. The van der Waals surface area contributed by atoms with E-state index >= 15 is 0 Å². The molecule has 1 atom stereocenters. The predicted octanol–water partition coefficient (Wildman–Crippen LogP) is 3.31. The number of aliphatic imine (C=N–C) groups is 1. The van der Waals surface area contributed by atoms with E-state index in [4.69, 9.17) is 9.47 Å². The van der Waals surface area contributed by atoms with Gasteiger partial charge < -0.3 is 20.1 Å². The van der Waals surface area contributed by atoms with Crippen molar-refractivity contribution in [1.29, 1.82) is 0 Å². The van der Waals surface area contributed by atoms with Gasteiger partial charge in [0.25, 0.3) is 0 Å². The van der Waals surface area contributed by atoms with Crippen LogP contribution >= 0.6 is 39.9 Å². The lowest BCUT2D eigenvalue weighted by molar-refractivity contribution is 0.0243. The Hall–Kier alpha value is -0.540. The van der Waals surface area contributed by atoms with Gasteiger partial charge in [-0.05, 0) is 53.4 Å². The normalized spacial score (nSPS) is 20.8. The summed E-state index contributed by atoms with van der Waals surface area (Å²) in [5.41, 5.74) is 1.07. The van der Waals surface area contributed by atoms with E-state index < -0.39 is 0 Å². The molecule has 1 heterocycles. The van der Waals surface area contributed by atoms with Gasteiger partial charge in [0.05, 0.1) is 17.2 Å². The summed E-state index contributed by atoms with van der Waals surface area (Å²) in [5.74, 6) is 1.61. The molecule has 0 aliphatic carbocycles. The molecule has 1 unspecified atom stereocenters. The van der Waals surface area contributed by atoms with Crippen LogP contribution < -0.4 is 15.4 Å². The number of methoxy groups -OCH3 is 1. The number of nitrogens with zero attached hydrogens (tertiary/aromatic N) is 1. The molecule has 23 heavy (non-hydrogen) atoms. The molecule has 0 bridgehead atoms. The van der Waals surface area contributed by atoms with E-state index in [2.05, 4.69) is 38.5 Å². The second-order valence-corrected chi connectivity index (χ2v) is 6.50. The monoisotopic (exact) mass is 497 g/mol. The van der Waals surface area contributed by atoms with E-state index in [1.807, 2.05) is 18.2 Å². The quantitative estimate of drug-likeness (QED) is 0.372. The fourth-order valence-electron chi connectivity index (χ4n) is 2.47. The van der Waals surface area contributed by atoms with Crippen molar-refractivity contribution in [3.8, 4) is 5.75 Å². The van der Waals surface area contributed by atoms with Crippen molar-refractivity contribution < 1.29 is 9.47 Å². The Balaban J connectivity index is 0.00000264. The predicted molar refractivity (Wildman–Crippen MR) is 108 cm³/mol. The first kappa shape index (κ1) is 20.5. The molecule has 1 aliphatic rings. The van der Waals surface area contributed by atoms with Crippen LogP contribution in [0.3, 0.4) is 0 Å². The molecular weight excluding hydrogens is 473 g/mol. The van der Waals surface area contributed by atoms with Crippen molar-refractivity contribution in [3.05, 3.63) is 28.2 Å². The Morgan fingerprint density at radius 1 is 1.43 bits per heavy atom. The molecular formula is C16H25BrIN3O2. The summed E-state index contributed by atoms with van der Waals surface area (Å²) >= 11 is 3.50. The summed E-state index contributed by atoms with van der Waals surface area (Å²) in [6.07, 6.45) is 2.21. The highest BCUT2D eigenvalue weighted by Gasteiger charge is 2.29. The standard InChI is InChI=1S/C16H24BrN3O2.HI/c1-16(7-4-8-22-16)11-20-15(18-2)19-10-12-5-6-14(21-3)13(17)9-12;/h5-6,9H,4,7-8,10-11H2,1-3H3,(H2,18,19,20);1H. The van der Waals surface area contributed by atoms with Crippen LogP contribution in [0.5, 0.6) is 5.75 Å². The highest BCUT2D eigenvalue weighted by molar-refractivity contribution is 14.0. The molecule has 1 aromatic carbocycles. The lowest BCUT2D eigenvalue weighted by atomic mass is 10.0. The third kappa shape index (κ3) is 6.11. The second-order valence-electron chi connectivity index (χ2n) is 5.65. The minimum atomic E-state index is -0.0826. The SMILES string of the molecule is CN=C(NCc1ccc(OC)c(Br)c1)NCC1(C)CCCO1.I. The number of ether oxygens (including phenoxy) is 2. The zero-order valence-corrected chi connectivity index (χ0v) is 17.7. The number of guanidine groups is 1. The molecule has 7 heteroatoms. The number of rotatable bonds is 5. The van der Waals surface area contributed by atoms with E-state index in [1.165, 1.54) is 0 Å². The van der Waals surface area contributed by atoms with E-state index in [0.29, 0.717) is 6.54 Å². The lowest BCUT2D eigenvalue weighted by Crippen LogP contribution is -2.45. The third-order valence-electron chi connectivity index (χ3n) is 3.83. The van der Waals surface area contributed by atoms with Crippen molar-refractivity contribution in [3.63, 3.8) is 0 Å². The summed E-state index contributed by atoms with van der Waals surface area (Å²) in [6, 6.07) is 6.02. The molecule has 130 valence electrons. The molecule has 2 rings (SSSR count). The number of nitrogens with one attached hydrogen (secondary N) is 2. The van der Waals surface area contributed by atoms with E-state index in [-0.39, 0.29) is 29.6 Å². The average Bonchev–Trinajstić information content (AvgIpc) is 2.94. The van der Waals surface area contributed by atoms with Crippen molar-refractivity contribution in [2.45, 2.75) is 31.9 Å². The molecule has 1 aliphatic heterocycles. The highest BCUT2D eigenvalue weighted by atomic mass is 127. The molecule has 0 radical (unpaired) electrons. The number of halogens is 2. The fourth-order valence-corrected chi connectivity index (χ4v) is 3.06. The Morgan fingerprint density at radius 2 is 2.22 bits per heavy atom. The van der Waals surface area contributed by atoms with Gasteiger partial charge in [0.15, 0.2) is 5.96 Å². The molecule has 5 nitrogen and oxygen atoms in total. The van der Waals surface area contributed by atoms with Crippen molar-refractivity contribution in [2.75, 3.05) is 27.3 Å². The Morgan fingerprint density at radius 3 is 2.78 bits per heavy atom. The first-order valence-electron chi connectivity index (χ1n) is 7.47. The van der Waals surface area contributed by atoms with Gasteiger partial charge in [-0.3, -0.25) is 4.99 Å². The Labute approximate surface area is 163 Å². The fraction of sp³-hybridized carbons (Fsp3) is 0.562. The first-order valence-corrected chi connectivity index (χ1v) is 8.26. The summed E-state index contributed by atoms with van der Waals surface area (Å²) in [7, 11) is 3.44. The molecule has 0 amide bonds. The average molecular weight is 498 g/mol. The van der Waals surface area contributed by atoms with Gasteiger partial charge in [-0.2, -0.15) is 0 Å². The van der Waals surface area contributed by atoms with Gasteiger partial charge in [0.1, 0.15) is 5.75 Å². The highest BCUT2D eigenvalue weighted by Crippen LogP contribution is 2.25. The van der Waals surface area contributed by atoms with E-state index in [9.17, 15) is 0 Å². The van der Waals surface area contributed by atoms with Crippen LogP contribution in [0.25, 0.3) is 0 Å². The number of hydrogen-bond acceptors (Lipinski definition) is 3.